The molecule has 0 saturated heterocycles. The van der Waals surface area contributed by atoms with Crippen molar-refractivity contribution in [3.63, 3.8) is 0 Å². The van der Waals surface area contributed by atoms with Gasteiger partial charge in [0.05, 0.1) is 0 Å². The van der Waals surface area contributed by atoms with Crippen molar-refractivity contribution in [2.24, 2.45) is 0 Å². The second-order valence-electron chi connectivity index (χ2n) is 7.11. The van der Waals surface area contributed by atoms with Crippen LogP contribution in [0.5, 0.6) is 0 Å². The van der Waals surface area contributed by atoms with Crippen LogP contribution in [0.25, 0.3) is 11.5 Å². The molecule has 0 radical (unpaired) electrons. The van der Waals surface area contributed by atoms with Crippen LogP contribution in [0, 0.1) is 27.7 Å². The maximum absolute atomic E-state index is 11.1. The minimum Gasteiger partial charge on any atom is -0.502 e. The molecule has 2 aromatic carbocycles. The first-order valence-electron chi connectivity index (χ1n) is 9.22. The zero-order valence-electron chi connectivity index (χ0n) is 16.7. The molecular formula is C24H25N2OS+. The molecule has 1 aromatic heterocycles. The molecule has 0 spiro atoms. The summed E-state index contributed by atoms with van der Waals surface area (Å²) in [6.45, 7) is 8.19. The maximum Gasteiger partial charge on any atom is 0.288 e. The Morgan fingerprint density at radius 3 is 2.11 bits per heavy atom. The van der Waals surface area contributed by atoms with Gasteiger partial charge in [0.25, 0.3) is 5.70 Å². The molecule has 0 saturated carbocycles. The van der Waals surface area contributed by atoms with Crippen LogP contribution in [-0.2, 0) is 0 Å². The Bertz CT molecular complexity index is 1040. The van der Waals surface area contributed by atoms with Gasteiger partial charge >= 0.3 is 0 Å². The van der Waals surface area contributed by atoms with Crippen LogP contribution < -0.4 is 9.88 Å². The van der Waals surface area contributed by atoms with Crippen LogP contribution >= 0.6 is 12.2 Å². The molecule has 0 atom stereocenters. The summed E-state index contributed by atoms with van der Waals surface area (Å²) in [5.41, 5.74) is 6.79. The molecule has 0 aliphatic heterocycles. The van der Waals surface area contributed by atoms with E-state index in [1.807, 2.05) is 72.4 Å². The maximum atomic E-state index is 11.1. The van der Waals surface area contributed by atoms with Gasteiger partial charge in [-0.25, -0.2) is 0 Å². The van der Waals surface area contributed by atoms with Crippen molar-refractivity contribution in [2.75, 3.05) is 5.32 Å². The number of aliphatic hydroxyl groups is 1. The number of hydrogen-bond acceptors (Lipinski definition) is 2. The highest BCUT2D eigenvalue weighted by Crippen LogP contribution is 2.22. The summed E-state index contributed by atoms with van der Waals surface area (Å²) in [5.74, 6) is 0.140. The molecule has 0 aliphatic carbocycles. The summed E-state index contributed by atoms with van der Waals surface area (Å²) in [6, 6.07) is 17.9. The largest absolute Gasteiger partial charge is 0.502 e. The molecule has 2 N–H and O–H groups in total. The number of rotatable bonds is 4. The van der Waals surface area contributed by atoms with E-state index in [1.54, 1.807) is 0 Å². The number of pyridine rings is 1. The quantitative estimate of drug-likeness (QED) is 0.266. The van der Waals surface area contributed by atoms with E-state index in [1.165, 1.54) is 5.56 Å². The lowest BCUT2D eigenvalue weighted by molar-refractivity contribution is -0.575. The van der Waals surface area contributed by atoms with Crippen molar-refractivity contribution in [3.8, 4) is 0 Å². The number of aryl methyl sites for hydroxylation is 4. The Morgan fingerprint density at radius 1 is 0.857 bits per heavy atom. The zero-order valence-corrected chi connectivity index (χ0v) is 17.5. The van der Waals surface area contributed by atoms with Gasteiger partial charge in [0.1, 0.15) is 0 Å². The molecule has 142 valence electrons. The summed E-state index contributed by atoms with van der Waals surface area (Å²) in [7, 11) is 0. The second kappa shape index (κ2) is 8.36. The third-order valence-electron chi connectivity index (χ3n) is 4.67. The number of hydrogen-bond donors (Lipinski definition) is 2. The molecule has 3 nitrogen and oxygen atoms in total. The lowest BCUT2D eigenvalue weighted by Crippen LogP contribution is -2.38. The SMILES string of the molecule is Cc1cc(C)cc(NC(=S)C(=C(O)c2ccc(C)c(C)c2)[n+]2ccccc2)c1. The number of aliphatic hydroxyl groups excluding tert-OH is 1. The Morgan fingerprint density at radius 2 is 1.50 bits per heavy atom. The molecule has 0 bridgehead atoms. The highest BCUT2D eigenvalue weighted by Gasteiger charge is 2.24. The van der Waals surface area contributed by atoms with E-state index < -0.39 is 0 Å². The monoisotopic (exact) mass is 389 g/mol. The van der Waals surface area contributed by atoms with Gasteiger partial charge in [-0.05, 0) is 68.1 Å². The lowest BCUT2D eigenvalue weighted by atomic mass is 10.0. The highest BCUT2D eigenvalue weighted by molar-refractivity contribution is 7.81. The van der Waals surface area contributed by atoms with Crippen molar-refractivity contribution < 1.29 is 9.67 Å². The molecule has 0 aliphatic rings. The fraction of sp³-hybridized carbons (Fsp3) is 0.167. The number of anilines is 1. The number of nitrogens with one attached hydrogen (secondary N) is 1. The number of thiocarbonyl (C=S) groups is 1. The normalized spacial score (nSPS) is 11.7. The molecule has 0 amide bonds. The van der Waals surface area contributed by atoms with E-state index >= 15 is 0 Å². The fourth-order valence-electron chi connectivity index (χ4n) is 3.16. The van der Waals surface area contributed by atoms with Crippen LogP contribution in [-0.4, -0.2) is 10.1 Å². The first kappa shape index (κ1) is 19.8. The van der Waals surface area contributed by atoms with Crippen molar-refractivity contribution in [1.82, 2.24) is 0 Å². The molecule has 3 rings (SSSR count). The van der Waals surface area contributed by atoms with Crippen molar-refractivity contribution in [2.45, 2.75) is 27.7 Å². The zero-order chi connectivity index (χ0) is 20.3. The summed E-state index contributed by atoms with van der Waals surface area (Å²) in [4.78, 5) is 0.455. The number of benzene rings is 2. The van der Waals surface area contributed by atoms with Gasteiger partial charge in [-0.3, -0.25) is 0 Å². The number of nitrogens with zero attached hydrogens (tertiary/aromatic N) is 1. The Hall–Kier alpha value is -2.98. The third kappa shape index (κ3) is 4.46. The van der Waals surface area contributed by atoms with E-state index in [2.05, 4.69) is 32.2 Å². The summed E-state index contributed by atoms with van der Waals surface area (Å²) < 4.78 is 1.84. The van der Waals surface area contributed by atoms with Crippen LogP contribution in [0.1, 0.15) is 27.8 Å². The van der Waals surface area contributed by atoms with Crippen LogP contribution in [0.3, 0.4) is 0 Å². The topological polar surface area (TPSA) is 36.1 Å². The van der Waals surface area contributed by atoms with Crippen molar-refractivity contribution >= 4 is 34.3 Å². The number of aromatic nitrogens is 1. The Balaban J connectivity index is 2.08. The van der Waals surface area contributed by atoms with E-state index in [0.29, 0.717) is 10.7 Å². The molecule has 3 aromatic rings. The van der Waals surface area contributed by atoms with Gasteiger partial charge in [-0.15, -0.1) is 0 Å². The standard InChI is InChI=1S/C24H24N2OS/c1-16-12-17(2)14-21(13-16)25-24(28)22(26-10-6-5-7-11-26)23(27)20-9-8-18(3)19(4)15-20/h5-15H,1-4H3,(H-,25,27,28)/p+1. The van der Waals surface area contributed by atoms with Crippen molar-refractivity contribution in [3.05, 3.63) is 94.8 Å². The first-order valence-corrected chi connectivity index (χ1v) is 9.63. The molecule has 0 unspecified atom stereocenters. The molecule has 0 fully saturated rings. The minimum atomic E-state index is 0.140. The van der Waals surface area contributed by atoms with Gasteiger partial charge in [-0.1, -0.05) is 36.5 Å². The average molecular weight is 390 g/mol. The van der Waals surface area contributed by atoms with Crippen LogP contribution in [0.15, 0.2) is 67.0 Å². The molecule has 4 heteroatoms. The van der Waals surface area contributed by atoms with E-state index in [9.17, 15) is 5.11 Å². The summed E-state index contributed by atoms with van der Waals surface area (Å²) >= 11 is 5.71. The summed E-state index contributed by atoms with van der Waals surface area (Å²) in [6.07, 6.45) is 3.75. The van der Waals surface area contributed by atoms with E-state index in [-0.39, 0.29) is 5.76 Å². The Kier molecular flexibility index (Phi) is 5.90. The molecule has 1 heterocycles. The molecule has 28 heavy (non-hydrogen) atoms. The lowest BCUT2D eigenvalue weighted by Gasteiger charge is -2.12. The van der Waals surface area contributed by atoms with Gasteiger partial charge in [0, 0.05) is 23.4 Å². The van der Waals surface area contributed by atoms with E-state index in [0.717, 1.165) is 27.9 Å². The van der Waals surface area contributed by atoms with Gasteiger partial charge in [-0.2, -0.15) is 4.57 Å². The Labute approximate surface area is 172 Å². The van der Waals surface area contributed by atoms with Crippen molar-refractivity contribution in [1.29, 1.82) is 0 Å². The smallest absolute Gasteiger partial charge is 0.288 e. The predicted octanol–water partition coefficient (Wildman–Crippen LogP) is 5.53. The second-order valence-corrected chi connectivity index (χ2v) is 7.52. The average Bonchev–Trinajstić information content (AvgIpc) is 2.64. The van der Waals surface area contributed by atoms with Gasteiger partial charge < -0.3 is 10.4 Å². The first-order chi connectivity index (χ1) is 13.3. The highest BCUT2D eigenvalue weighted by atomic mass is 32.1. The van der Waals surface area contributed by atoms with E-state index in [4.69, 9.17) is 12.2 Å². The van der Waals surface area contributed by atoms with Gasteiger partial charge in [0.2, 0.25) is 0 Å². The van der Waals surface area contributed by atoms with Crippen LogP contribution in [0.4, 0.5) is 5.69 Å². The predicted molar refractivity (Wildman–Crippen MR) is 120 cm³/mol. The minimum absolute atomic E-state index is 0.140. The summed E-state index contributed by atoms with van der Waals surface area (Å²) in [5, 5.41) is 14.4. The third-order valence-corrected chi connectivity index (χ3v) is 4.97. The fourth-order valence-corrected chi connectivity index (χ4v) is 3.48. The van der Waals surface area contributed by atoms with Crippen LogP contribution in [0.2, 0.25) is 0 Å². The van der Waals surface area contributed by atoms with Gasteiger partial charge in [0.15, 0.2) is 23.1 Å². The molecular weight excluding hydrogens is 364 g/mol.